The zero-order valence-corrected chi connectivity index (χ0v) is 17.9. The van der Waals surface area contributed by atoms with Crippen molar-refractivity contribution in [1.29, 1.82) is 0 Å². The average molecular weight is 313 g/mol. The molecule has 0 fully saturated rings. The largest absolute Gasteiger partial charge is 0.0957 e. The zero-order valence-electron chi connectivity index (χ0n) is 14.9. The molecule has 0 aliphatic rings. The topological polar surface area (TPSA) is 0 Å². The van der Waals surface area contributed by atoms with Crippen molar-refractivity contribution in [1.82, 2.24) is 0 Å². The Morgan fingerprint density at radius 2 is 1.21 bits per heavy atom. The Kier molecular flexibility index (Phi) is 7.28. The molecule has 19 heavy (non-hydrogen) atoms. The van der Waals surface area contributed by atoms with E-state index in [0.717, 1.165) is 0 Å². The Morgan fingerprint density at radius 1 is 0.789 bits per heavy atom. The molecule has 0 N–H and O–H groups in total. The highest BCUT2D eigenvalue weighted by molar-refractivity contribution is 6.89. The van der Waals surface area contributed by atoms with E-state index < -0.39 is 24.2 Å². The maximum absolute atomic E-state index is 2.66. The van der Waals surface area contributed by atoms with Crippen LogP contribution in [0.1, 0.15) is 20.8 Å². The summed E-state index contributed by atoms with van der Waals surface area (Å²) in [7, 11) is -3.44. The maximum Gasteiger partial charge on any atom is 0.0770 e. The molecule has 0 aliphatic heterocycles. The van der Waals surface area contributed by atoms with E-state index >= 15 is 0 Å². The second-order valence-electron chi connectivity index (χ2n) is 7.97. The predicted octanol–water partition coefficient (Wildman–Crippen LogP) is 6.27. The third-order valence-electron chi connectivity index (χ3n) is 4.18. The van der Waals surface area contributed by atoms with E-state index in [2.05, 4.69) is 77.5 Å². The molecule has 3 heteroatoms. The lowest BCUT2D eigenvalue weighted by Gasteiger charge is -2.26. The molecule has 0 rings (SSSR count). The SMILES string of the molecule is CC[Si](/C=C/C(=C\[Si](C)(C)C)[Si](C)(C)C)(CC)CC. The Hall–Kier alpha value is 0.131. The molecule has 0 atom stereocenters. The molecule has 0 nitrogen and oxygen atoms in total. The van der Waals surface area contributed by atoms with Crippen LogP contribution in [0.2, 0.25) is 57.4 Å². The van der Waals surface area contributed by atoms with Gasteiger partial charge < -0.3 is 0 Å². The van der Waals surface area contributed by atoms with Crippen molar-refractivity contribution in [2.24, 2.45) is 0 Å². The number of rotatable bonds is 7. The molecule has 0 bridgehead atoms. The second-order valence-corrected chi connectivity index (χ2v) is 23.2. The van der Waals surface area contributed by atoms with Gasteiger partial charge >= 0.3 is 0 Å². The molecule has 0 aromatic heterocycles. The summed E-state index contributed by atoms with van der Waals surface area (Å²) in [6, 6.07) is 4.17. The van der Waals surface area contributed by atoms with Gasteiger partial charge in [0.1, 0.15) is 0 Å². The van der Waals surface area contributed by atoms with Crippen LogP contribution in [0.25, 0.3) is 0 Å². The van der Waals surface area contributed by atoms with Gasteiger partial charge in [-0.2, -0.15) is 0 Å². The minimum absolute atomic E-state index is 1.12. The van der Waals surface area contributed by atoms with Gasteiger partial charge in [-0.15, -0.1) is 0 Å². The number of allylic oxidation sites excluding steroid dienone is 2. The first-order chi connectivity index (χ1) is 8.49. The van der Waals surface area contributed by atoms with Crippen molar-refractivity contribution in [2.45, 2.75) is 78.2 Å². The second kappa shape index (κ2) is 7.23. The van der Waals surface area contributed by atoms with E-state index in [9.17, 15) is 0 Å². The first kappa shape index (κ1) is 19.1. The summed E-state index contributed by atoms with van der Waals surface area (Å²) < 4.78 is 0. The van der Waals surface area contributed by atoms with Crippen LogP contribution in [0.3, 0.4) is 0 Å². The highest BCUT2D eigenvalue weighted by Crippen LogP contribution is 2.25. The molecule has 0 unspecified atom stereocenters. The van der Waals surface area contributed by atoms with Gasteiger partial charge in [0.25, 0.3) is 0 Å². The fraction of sp³-hybridized carbons (Fsp3) is 0.750. The lowest BCUT2D eigenvalue weighted by Crippen LogP contribution is -2.31. The summed E-state index contributed by atoms with van der Waals surface area (Å²) in [5, 5.41) is 1.69. The van der Waals surface area contributed by atoms with Crippen molar-refractivity contribution in [2.75, 3.05) is 0 Å². The van der Waals surface area contributed by atoms with Crippen molar-refractivity contribution in [3.8, 4) is 0 Å². The molecule has 112 valence electrons. The molecule has 0 spiro atoms. The Bertz CT molecular complexity index is 315. The van der Waals surface area contributed by atoms with Crippen LogP contribution in [0, 0.1) is 0 Å². The average Bonchev–Trinajstić information content (AvgIpc) is 2.27. The molecule has 0 aliphatic carbocycles. The first-order valence-electron chi connectivity index (χ1n) is 7.92. The molecule has 0 saturated heterocycles. The van der Waals surface area contributed by atoms with Gasteiger partial charge in [-0.1, -0.05) is 101 Å². The van der Waals surface area contributed by atoms with Gasteiger partial charge in [0.15, 0.2) is 0 Å². The van der Waals surface area contributed by atoms with E-state index in [1.165, 1.54) is 18.1 Å². The lowest BCUT2D eigenvalue weighted by atomic mass is 10.6. The van der Waals surface area contributed by atoms with Crippen LogP contribution in [-0.2, 0) is 0 Å². The Morgan fingerprint density at radius 3 is 1.47 bits per heavy atom. The van der Waals surface area contributed by atoms with Gasteiger partial charge in [0.2, 0.25) is 0 Å². The molecule has 0 radical (unpaired) electrons. The summed E-state index contributed by atoms with van der Waals surface area (Å²) in [6.07, 6.45) is 2.55. The molecule has 0 aromatic rings. The number of hydrogen-bond donors (Lipinski definition) is 0. The van der Waals surface area contributed by atoms with E-state index in [1.807, 2.05) is 0 Å². The van der Waals surface area contributed by atoms with E-state index in [0.29, 0.717) is 0 Å². The maximum atomic E-state index is 2.66. The Balaban J connectivity index is 5.42. The normalized spacial score (nSPS) is 15.3. The van der Waals surface area contributed by atoms with Gasteiger partial charge in [-0.25, -0.2) is 0 Å². The molecule has 0 amide bonds. The minimum atomic E-state index is -1.20. The molecule has 0 heterocycles. The summed E-state index contributed by atoms with van der Waals surface area (Å²) in [4.78, 5) is 0. The smallest absolute Gasteiger partial charge is 0.0770 e. The highest BCUT2D eigenvalue weighted by atomic mass is 28.3. The summed E-state index contributed by atoms with van der Waals surface area (Å²) in [5.74, 6) is 0. The summed E-state index contributed by atoms with van der Waals surface area (Å²) in [5.41, 5.74) is 5.31. The van der Waals surface area contributed by atoms with Crippen molar-refractivity contribution in [3.05, 3.63) is 22.7 Å². The van der Waals surface area contributed by atoms with E-state index in [-0.39, 0.29) is 0 Å². The van der Waals surface area contributed by atoms with Crippen molar-refractivity contribution >= 4 is 24.2 Å². The zero-order chi connectivity index (χ0) is 15.3. The van der Waals surface area contributed by atoms with E-state index in [1.54, 1.807) is 5.20 Å². The molecule has 0 saturated carbocycles. The predicted molar refractivity (Wildman–Crippen MR) is 101 cm³/mol. The molecule has 0 aromatic carbocycles. The summed E-state index contributed by atoms with van der Waals surface area (Å²) >= 11 is 0. The van der Waals surface area contributed by atoms with Crippen molar-refractivity contribution in [3.63, 3.8) is 0 Å². The van der Waals surface area contributed by atoms with Crippen LogP contribution in [0.4, 0.5) is 0 Å². The van der Waals surface area contributed by atoms with Gasteiger partial charge in [-0.3, -0.25) is 0 Å². The van der Waals surface area contributed by atoms with E-state index in [4.69, 9.17) is 0 Å². The van der Waals surface area contributed by atoms with Crippen LogP contribution in [0.5, 0.6) is 0 Å². The van der Waals surface area contributed by atoms with Gasteiger partial charge in [-0.05, 0) is 0 Å². The lowest BCUT2D eigenvalue weighted by molar-refractivity contribution is 1.19. The highest BCUT2D eigenvalue weighted by Gasteiger charge is 2.25. The van der Waals surface area contributed by atoms with Crippen LogP contribution < -0.4 is 0 Å². The quantitative estimate of drug-likeness (QED) is 0.384. The molecular formula is C16H36Si3. The van der Waals surface area contributed by atoms with Crippen LogP contribution in [-0.4, -0.2) is 24.2 Å². The fourth-order valence-corrected chi connectivity index (χ4v) is 9.90. The van der Waals surface area contributed by atoms with Crippen LogP contribution >= 0.6 is 0 Å². The van der Waals surface area contributed by atoms with Gasteiger partial charge in [0.05, 0.1) is 24.2 Å². The standard InChI is InChI=1S/C16H36Si3/c1-10-19(11-2,12-3)14-13-16(18(7,8)9)15-17(4,5)6/h13-15H,10-12H2,1-9H3/b14-13+,16-15+. The van der Waals surface area contributed by atoms with Crippen molar-refractivity contribution < 1.29 is 0 Å². The fourth-order valence-electron chi connectivity index (χ4n) is 2.35. The van der Waals surface area contributed by atoms with Gasteiger partial charge in [0, 0.05) is 0 Å². The monoisotopic (exact) mass is 312 g/mol. The number of hydrogen-bond acceptors (Lipinski definition) is 0. The minimum Gasteiger partial charge on any atom is -0.0957 e. The third kappa shape index (κ3) is 6.91. The van der Waals surface area contributed by atoms with Crippen LogP contribution in [0.15, 0.2) is 22.7 Å². The first-order valence-corrected chi connectivity index (χ1v) is 17.7. The summed E-state index contributed by atoms with van der Waals surface area (Å²) in [6.45, 7) is 22.0. The molecular weight excluding hydrogens is 276 g/mol. The Labute approximate surface area is 125 Å². The third-order valence-corrected chi connectivity index (χ3v) is 12.8.